The fraction of sp³-hybridized carbons (Fsp3) is 0.455. The highest BCUT2D eigenvalue weighted by Crippen LogP contribution is 2.16. The van der Waals surface area contributed by atoms with Gasteiger partial charge in [0.25, 0.3) is 0 Å². The molecule has 0 radical (unpaired) electrons. The van der Waals surface area contributed by atoms with Gasteiger partial charge >= 0.3 is 5.97 Å². The summed E-state index contributed by atoms with van der Waals surface area (Å²) in [7, 11) is 0. The third-order valence-corrected chi connectivity index (χ3v) is 2.99. The summed E-state index contributed by atoms with van der Waals surface area (Å²) in [5.74, 6) is 0.824. The molecule has 2 aromatic heterocycles. The van der Waals surface area contributed by atoms with Gasteiger partial charge in [-0.15, -0.1) is 11.3 Å². The van der Waals surface area contributed by atoms with Crippen LogP contribution in [0.1, 0.15) is 24.3 Å². The van der Waals surface area contributed by atoms with Crippen LogP contribution in [0.4, 0.5) is 5.13 Å². The molecule has 0 aliphatic rings. The Kier molecular flexibility index (Phi) is 4.45. The predicted octanol–water partition coefficient (Wildman–Crippen LogP) is 1.55. The molecular weight excluding hydrogens is 268 g/mol. The van der Waals surface area contributed by atoms with E-state index in [4.69, 9.17) is 9.26 Å². The van der Waals surface area contributed by atoms with Gasteiger partial charge in [0, 0.05) is 5.38 Å². The fourth-order valence-corrected chi connectivity index (χ4v) is 2.10. The average Bonchev–Trinajstić information content (AvgIpc) is 2.96. The number of carbonyl (C=O) groups excluding carboxylic acids is 1. The average molecular weight is 282 g/mol. The highest BCUT2D eigenvalue weighted by Gasteiger charge is 2.09. The molecule has 0 saturated carbocycles. The van der Waals surface area contributed by atoms with Crippen LogP contribution in [0.15, 0.2) is 9.90 Å². The van der Waals surface area contributed by atoms with Gasteiger partial charge in [-0.2, -0.15) is 4.98 Å². The number of ether oxygens (including phenoxy) is 1. The van der Waals surface area contributed by atoms with Crippen LogP contribution in [0.25, 0.3) is 0 Å². The molecule has 0 fully saturated rings. The van der Waals surface area contributed by atoms with Crippen molar-refractivity contribution in [1.29, 1.82) is 0 Å². The summed E-state index contributed by atoms with van der Waals surface area (Å²) < 4.78 is 9.83. The second kappa shape index (κ2) is 6.28. The Bertz CT molecular complexity index is 552. The lowest BCUT2D eigenvalue weighted by Gasteiger charge is -1.98. The molecule has 0 atom stereocenters. The molecule has 2 aromatic rings. The van der Waals surface area contributed by atoms with Gasteiger partial charge in [0.15, 0.2) is 11.0 Å². The molecule has 8 heteroatoms. The Morgan fingerprint density at radius 1 is 1.53 bits per heavy atom. The van der Waals surface area contributed by atoms with E-state index in [9.17, 15) is 4.79 Å². The summed E-state index contributed by atoms with van der Waals surface area (Å²) in [5.41, 5.74) is 0.688. The van der Waals surface area contributed by atoms with Crippen LogP contribution in [0.5, 0.6) is 0 Å². The highest BCUT2D eigenvalue weighted by atomic mass is 32.1. The van der Waals surface area contributed by atoms with Crippen LogP contribution >= 0.6 is 11.3 Å². The van der Waals surface area contributed by atoms with Gasteiger partial charge in [-0.05, 0) is 13.8 Å². The summed E-state index contributed by atoms with van der Waals surface area (Å²) in [5, 5.41) is 9.27. The molecule has 0 spiro atoms. The van der Waals surface area contributed by atoms with Crippen molar-refractivity contribution in [3.8, 4) is 0 Å². The highest BCUT2D eigenvalue weighted by molar-refractivity contribution is 7.13. The number of thiazole rings is 1. The van der Waals surface area contributed by atoms with Gasteiger partial charge in [0.2, 0.25) is 5.89 Å². The molecule has 0 amide bonds. The number of aryl methyl sites for hydroxylation is 1. The molecule has 2 rings (SSSR count). The van der Waals surface area contributed by atoms with E-state index in [1.165, 1.54) is 11.3 Å². The molecule has 0 aliphatic heterocycles. The first-order chi connectivity index (χ1) is 9.17. The molecule has 0 aliphatic carbocycles. The van der Waals surface area contributed by atoms with E-state index in [-0.39, 0.29) is 12.4 Å². The van der Waals surface area contributed by atoms with Crippen molar-refractivity contribution >= 4 is 22.4 Å². The van der Waals surface area contributed by atoms with E-state index in [0.717, 1.165) is 0 Å². The van der Waals surface area contributed by atoms with Gasteiger partial charge < -0.3 is 14.6 Å². The van der Waals surface area contributed by atoms with Crippen molar-refractivity contribution in [1.82, 2.24) is 15.1 Å². The minimum Gasteiger partial charge on any atom is -0.466 e. The minimum absolute atomic E-state index is 0.186. The van der Waals surface area contributed by atoms with Crippen LogP contribution in [0.2, 0.25) is 0 Å². The number of carbonyl (C=O) groups is 1. The van der Waals surface area contributed by atoms with E-state index < -0.39 is 0 Å². The lowest BCUT2D eigenvalue weighted by atomic mass is 10.3. The molecule has 102 valence electrons. The Labute approximate surface area is 114 Å². The number of esters is 1. The SMILES string of the molecule is CCOC(=O)Cc1csc(NCc2nc(C)no2)n1. The van der Waals surface area contributed by atoms with Gasteiger partial charge in [0.1, 0.15) is 0 Å². The number of hydrogen-bond acceptors (Lipinski definition) is 8. The largest absolute Gasteiger partial charge is 0.466 e. The molecule has 0 bridgehead atoms. The van der Waals surface area contributed by atoms with E-state index in [2.05, 4.69) is 20.4 Å². The van der Waals surface area contributed by atoms with Gasteiger partial charge in [-0.3, -0.25) is 4.79 Å². The molecule has 0 unspecified atom stereocenters. The maximum atomic E-state index is 11.3. The van der Waals surface area contributed by atoms with Crippen LogP contribution < -0.4 is 5.32 Å². The fourth-order valence-electron chi connectivity index (χ4n) is 1.39. The number of hydrogen-bond donors (Lipinski definition) is 1. The molecule has 0 aromatic carbocycles. The van der Waals surface area contributed by atoms with E-state index in [1.807, 2.05) is 5.38 Å². The zero-order chi connectivity index (χ0) is 13.7. The quantitative estimate of drug-likeness (QED) is 0.804. The Hall–Kier alpha value is -1.96. The molecule has 7 nitrogen and oxygen atoms in total. The lowest BCUT2D eigenvalue weighted by Crippen LogP contribution is -2.08. The van der Waals surface area contributed by atoms with Crippen LogP contribution in [-0.2, 0) is 22.5 Å². The zero-order valence-electron chi connectivity index (χ0n) is 10.7. The molecule has 0 saturated heterocycles. The van der Waals surface area contributed by atoms with Crippen molar-refractivity contribution in [2.45, 2.75) is 26.8 Å². The van der Waals surface area contributed by atoms with Gasteiger partial charge in [-0.1, -0.05) is 5.16 Å². The van der Waals surface area contributed by atoms with Crippen molar-refractivity contribution in [3.05, 3.63) is 22.8 Å². The summed E-state index contributed by atoms with van der Waals surface area (Å²) in [6.07, 6.45) is 0.186. The molecular formula is C11H14N4O3S. The van der Waals surface area contributed by atoms with Gasteiger partial charge in [-0.25, -0.2) is 4.98 Å². The second-order valence-electron chi connectivity index (χ2n) is 3.71. The van der Waals surface area contributed by atoms with Crippen molar-refractivity contribution in [3.63, 3.8) is 0 Å². The van der Waals surface area contributed by atoms with E-state index in [0.29, 0.717) is 35.7 Å². The topological polar surface area (TPSA) is 90.1 Å². The smallest absolute Gasteiger partial charge is 0.311 e. The first-order valence-electron chi connectivity index (χ1n) is 5.80. The maximum Gasteiger partial charge on any atom is 0.311 e. The molecule has 2 heterocycles. The monoisotopic (exact) mass is 282 g/mol. The Morgan fingerprint density at radius 2 is 2.37 bits per heavy atom. The third kappa shape index (κ3) is 4.02. The first kappa shape index (κ1) is 13.5. The Morgan fingerprint density at radius 3 is 3.05 bits per heavy atom. The van der Waals surface area contributed by atoms with Crippen molar-refractivity contribution < 1.29 is 14.1 Å². The number of anilines is 1. The maximum absolute atomic E-state index is 11.3. The lowest BCUT2D eigenvalue weighted by molar-refractivity contribution is -0.142. The minimum atomic E-state index is -0.271. The summed E-state index contributed by atoms with van der Waals surface area (Å²) in [4.78, 5) is 19.6. The van der Waals surface area contributed by atoms with Crippen LogP contribution in [0.3, 0.4) is 0 Å². The van der Waals surface area contributed by atoms with Gasteiger partial charge in [0.05, 0.1) is 25.3 Å². The van der Waals surface area contributed by atoms with E-state index >= 15 is 0 Å². The number of nitrogens with zero attached hydrogens (tertiary/aromatic N) is 3. The van der Waals surface area contributed by atoms with Crippen molar-refractivity contribution in [2.24, 2.45) is 0 Å². The number of rotatable bonds is 6. The first-order valence-corrected chi connectivity index (χ1v) is 6.68. The summed E-state index contributed by atoms with van der Waals surface area (Å²) >= 11 is 1.42. The summed E-state index contributed by atoms with van der Waals surface area (Å²) in [6.45, 7) is 4.32. The standard InChI is InChI=1S/C11H14N4O3S/c1-3-17-10(16)4-8-6-19-11(14-8)12-5-9-13-7(2)15-18-9/h6H,3-5H2,1-2H3,(H,12,14). The predicted molar refractivity (Wildman–Crippen MR) is 68.8 cm³/mol. The third-order valence-electron chi connectivity index (χ3n) is 2.14. The van der Waals surface area contributed by atoms with Crippen molar-refractivity contribution in [2.75, 3.05) is 11.9 Å². The Balaban J connectivity index is 1.85. The van der Waals surface area contributed by atoms with E-state index in [1.54, 1.807) is 13.8 Å². The molecule has 1 N–H and O–H groups in total. The number of nitrogens with one attached hydrogen (secondary N) is 1. The summed E-state index contributed by atoms with van der Waals surface area (Å²) in [6, 6.07) is 0. The number of aromatic nitrogens is 3. The second-order valence-corrected chi connectivity index (χ2v) is 4.57. The molecule has 19 heavy (non-hydrogen) atoms. The van der Waals surface area contributed by atoms with Crippen LogP contribution in [-0.4, -0.2) is 27.7 Å². The van der Waals surface area contributed by atoms with Crippen LogP contribution in [0, 0.1) is 6.92 Å². The zero-order valence-corrected chi connectivity index (χ0v) is 11.5. The normalized spacial score (nSPS) is 10.4.